The molecule has 2 heterocycles. The Morgan fingerprint density at radius 3 is 2.84 bits per heavy atom. The lowest BCUT2D eigenvalue weighted by molar-refractivity contribution is 0.617. The fourth-order valence-electron chi connectivity index (χ4n) is 2.37. The molecule has 2 aromatic rings. The van der Waals surface area contributed by atoms with Gasteiger partial charge in [0.1, 0.15) is 5.82 Å². The molecule has 19 heavy (non-hydrogen) atoms. The van der Waals surface area contributed by atoms with Crippen molar-refractivity contribution in [2.45, 2.75) is 26.8 Å². The molecule has 3 nitrogen and oxygen atoms in total. The summed E-state index contributed by atoms with van der Waals surface area (Å²) in [4.78, 5) is 9.11. The Morgan fingerprint density at radius 2 is 2.05 bits per heavy atom. The molecule has 98 valence electrons. The fourth-order valence-corrected chi connectivity index (χ4v) is 2.37. The van der Waals surface area contributed by atoms with E-state index in [2.05, 4.69) is 15.3 Å². The number of nitrogens with one attached hydrogen (secondary N) is 1. The van der Waals surface area contributed by atoms with Gasteiger partial charge in [-0.05, 0) is 25.5 Å². The van der Waals surface area contributed by atoms with Crippen LogP contribution in [0.3, 0.4) is 0 Å². The van der Waals surface area contributed by atoms with Gasteiger partial charge in [-0.25, -0.2) is 14.4 Å². The van der Waals surface area contributed by atoms with Crippen molar-refractivity contribution in [1.29, 1.82) is 0 Å². The first-order chi connectivity index (χ1) is 9.15. The van der Waals surface area contributed by atoms with Crippen LogP contribution in [-0.2, 0) is 13.0 Å². The van der Waals surface area contributed by atoms with E-state index in [1.807, 2.05) is 13.0 Å². The summed E-state index contributed by atoms with van der Waals surface area (Å²) in [7, 11) is 0. The van der Waals surface area contributed by atoms with Gasteiger partial charge in [0.25, 0.3) is 0 Å². The number of aromatic nitrogens is 2. The van der Waals surface area contributed by atoms with Crippen molar-refractivity contribution in [3.63, 3.8) is 0 Å². The van der Waals surface area contributed by atoms with Crippen molar-refractivity contribution in [1.82, 2.24) is 15.3 Å². The summed E-state index contributed by atoms with van der Waals surface area (Å²) in [6.45, 7) is 5.50. The Labute approximate surface area is 111 Å². The Bertz CT molecular complexity index is 638. The van der Waals surface area contributed by atoms with Crippen LogP contribution >= 0.6 is 0 Å². The largest absolute Gasteiger partial charge is 0.312 e. The minimum absolute atomic E-state index is 0.210. The predicted octanol–water partition coefficient (Wildman–Crippen LogP) is 2.55. The Kier molecular flexibility index (Phi) is 3.03. The second-order valence-electron chi connectivity index (χ2n) is 4.95. The third-order valence-corrected chi connectivity index (χ3v) is 3.57. The van der Waals surface area contributed by atoms with Gasteiger partial charge in [0.2, 0.25) is 0 Å². The number of nitrogens with zero attached hydrogens (tertiary/aromatic N) is 2. The van der Waals surface area contributed by atoms with Crippen LogP contribution in [-0.4, -0.2) is 16.5 Å². The van der Waals surface area contributed by atoms with Crippen molar-refractivity contribution < 1.29 is 4.39 Å². The highest BCUT2D eigenvalue weighted by molar-refractivity contribution is 5.56. The smallest absolute Gasteiger partial charge is 0.159 e. The normalized spacial score (nSPS) is 14.3. The first-order valence-corrected chi connectivity index (χ1v) is 6.49. The average molecular weight is 257 g/mol. The van der Waals surface area contributed by atoms with Crippen LogP contribution in [0.1, 0.15) is 22.5 Å². The molecule has 1 N–H and O–H groups in total. The second-order valence-corrected chi connectivity index (χ2v) is 4.95. The molecule has 3 rings (SSSR count). The Balaban J connectivity index is 2.10. The van der Waals surface area contributed by atoms with Crippen LogP contribution in [0.4, 0.5) is 4.39 Å². The molecule has 4 heteroatoms. The first kappa shape index (κ1) is 12.2. The summed E-state index contributed by atoms with van der Waals surface area (Å²) in [6.07, 6.45) is 0.903. The standard InChI is InChI=1S/C15H16FN3/c1-9-3-4-11(7-13(9)16)15-18-10(2)12-8-17-6-5-14(12)19-15/h3-4,7,17H,5-6,8H2,1-2H3. The molecule has 0 amide bonds. The number of benzene rings is 1. The van der Waals surface area contributed by atoms with Gasteiger partial charge in [-0.2, -0.15) is 0 Å². The maximum Gasteiger partial charge on any atom is 0.159 e. The number of hydrogen-bond acceptors (Lipinski definition) is 3. The van der Waals surface area contributed by atoms with Gasteiger partial charge in [0.15, 0.2) is 5.82 Å². The quantitative estimate of drug-likeness (QED) is 0.853. The van der Waals surface area contributed by atoms with Crippen LogP contribution < -0.4 is 5.32 Å². The van der Waals surface area contributed by atoms with E-state index in [1.54, 1.807) is 13.0 Å². The van der Waals surface area contributed by atoms with Crippen molar-refractivity contribution in [2.75, 3.05) is 6.54 Å². The molecule has 1 aromatic heterocycles. The summed E-state index contributed by atoms with van der Waals surface area (Å²) < 4.78 is 13.6. The maximum absolute atomic E-state index is 13.6. The second kappa shape index (κ2) is 4.70. The van der Waals surface area contributed by atoms with Gasteiger partial charge >= 0.3 is 0 Å². The number of aryl methyl sites for hydroxylation is 2. The van der Waals surface area contributed by atoms with Gasteiger partial charge in [0.05, 0.1) is 5.69 Å². The SMILES string of the molecule is Cc1ccc(-c2nc(C)c3c(n2)CCNC3)cc1F. The van der Waals surface area contributed by atoms with Crippen molar-refractivity contribution in [3.8, 4) is 11.4 Å². The van der Waals surface area contributed by atoms with Crippen LogP contribution in [0.5, 0.6) is 0 Å². The molecule has 0 bridgehead atoms. The van der Waals surface area contributed by atoms with E-state index >= 15 is 0 Å². The van der Waals surface area contributed by atoms with E-state index in [0.717, 1.165) is 36.5 Å². The van der Waals surface area contributed by atoms with Crippen LogP contribution in [0.15, 0.2) is 18.2 Å². The topological polar surface area (TPSA) is 37.8 Å². The van der Waals surface area contributed by atoms with E-state index in [1.165, 1.54) is 11.6 Å². The van der Waals surface area contributed by atoms with Crippen molar-refractivity contribution in [2.24, 2.45) is 0 Å². The zero-order valence-electron chi connectivity index (χ0n) is 11.1. The molecule has 1 aromatic carbocycles. The summed E-state index contributed by atoms with van der Waals surface area (Å²) in [5.41, 5.74) is 4.63. The van der Waals surface area contributed by atoms with Crippen LogP contribution in [0, 0.1) is 19.7 Å². The third kappa shape index (κ3) is 2.24. The van der Waals surface area contributed by atoms with E-state index in [9.17, 15) is 4.39 Å². The van der Waals surface area contributed by atoms with Crippen molar-refractivity contribution in [3.05, 3.63) is 46.5 Å². The Hall–Kier alpha value is -1.81. The molecule has 0 radical (unpaired) electrons. The molecule has 0 atom stereocenters. The first-order valence-electron chi connectivity index (χ1n) is 6.49. The van der Waals surface area contributed by atoms with E-state index < -0.39 is 0 Å². The monoisotopic (exact) mass is 257 g/mol. The Morgan fingerprint density at radius 1 is 1.21 bits per heavy atom. The van der Waals surface area contributed by atoms with E-state index in [-0.39, 0.29) is 5.82 Å². The molecule has 0 aliphatic carbocycles. The highest BCUT2D eigenvalue weighted by atomic mass is 19.1. The minimum atomic E-state index is -0.210. The molecule has 0 spiro atoms. The summed E-state index contributed by atoms with van der Waals surface area (Å²) in [5.74, 6) is 0.412. The minimum Gasteiger partial charge on any atom is -0.312 e. The summed E-state index contributed by atoms with van der Waals surface area (Å²) in [5, 5.41) is 3.32. The van der Waals surface area contributed by atoms with Gasteiger partial charge in [-0.3, -0.25) is 0 Å². The van der Waals surface area contributed by atoms with Gasteiger partial charge in [-0.15, -0.1) is 0 Å². The average Bonchev–Trinajstić information content (AvgIpc) is 2.42. The lowest BCUT2D eigenvalue weighted by Gasteiger charge is -2.18. The maximum atomic E-state index is 13.6. The van der Waals surface area contributed by atoms with Gasteiger partial charge in [-0.1, -0.05) is 12.1 Å². The molecular formula is C15H16FN3. The van der Waals surface area contributed by atoms with Crippen LogP contribution in [0.25, 0.3) is 11.4 Å². The molecular weight excluding hydrogens is 241 g/mol. The fraction of sp³-hybridized carbons (Fsp3) is 0.333. The summed E-state index contributed by atoms with van der Waals surface area (Å²) >= 11 is 0. The number of rotatable bonds is 1. The lowest BCUT2D eigenvalue weighted by atomic mass is 10.0. The molecule has 0 fully saturated rings. The zero-order chi connectivity index (χ0) is 13.4. The molecule has 1 aliphatic rings. The third-order valence-electron chi connectivity index (χ3n) is 3.57. The molecule has 1 aliphatic heterocycles. The van der Waals surface area contributed by atoms with Crippen LogP contribution in [0.2, 0.25) is 0 Å². The lowest BCUT2D eigenvalue weighted by Crippen LogP contribution is -2.26. The predicted molar refractivity (Wildman–Crippen MR) is 72.3 cm³/mol. The number of hydrogen-bond donors (Lipinski definition) is 1. The molecule has 0 unspecified atom stereocenters. The highest BCUT2D eigenvalue weighted by Gasteiger charge is 2.16. The molecule has 0 saturated heterocycles. The van der Waals surface area contributed by atoms with Crippen molar-refractivity contribution >= 4 is 0 Å². The number of fused-ring (bicyclic) bond motifs is 1. The number of halogens is 1. The van der Waals surface area contributed by atoms with E-state index in [4.69, 9.17) is 0 Å². The molecule has 0 saturated carbocycles. The van der Waals surface area contributed by atoms with E-state index in [0.29, 0.717) is 11.4 Å². The van der Waals surface area contributed by atoms with Gasteiger partial charge in [0, 0.05) is 36.3 Å². The van der Waals surface area contributed by atoms with Gasteiger partial charge < -0.3 is 5.32 Å². The highest BCUT2D eigenvalue weighted by Crippen LogP contribution is 2.22. The summed E-state index contributed by atoms with van der Waals surface area (Å²) in [6, 6.07) is 5.16. The zero-order valence-corrected chi connectivity index (χ0v) is 11.1.